The molecule has 0 aliphatic rings. The van der Waals surface area contributed by atoms with Gasteiger partial charge in [0.25, 0.3) is 5.91 Å². The Bertz CT molecular complexity index is 725. The predicted octanol–water partition coefficient (Wildman–Crippen LogP) is 4.02. The zero-order valence-electron chi connectivity index (χ0n) is 16.0. The zero-order chi connectivity index (χ0) is 19.1. The molecule has 26 heavy (non-hydrogen) atoms. The van der Waals surface area contributed by atoms with Gasteiger partial charge in [-0.3, -0.25) is 4.79 Å². The van der Waals surface area contributed by atoms with Gasteiger partial charge in [0.2, 0.25) is 0 Å². The smallest absolute Gasteiger partial charge is 0.253 e. The maximum atomic E-state index is 12.4. The summed E-state index contributed by atoms with van der Waals surface area (Å²) >= 11 is 0. The van der Waals surface area contributed by atoms with Gasteiger partial charge in [0, 0.05) is 48.1 Å². The van der Waals surface area contributed by atoms with Crippen molar-refractivity contribution in [3.8, 4) is 5.75 Å². The first-order valence-electron chi connectivity index (χ1n) is 8.99. The van der Waals surface area contributed by atoms with Crippen LogP contribution in [0.3, 0.4) is 0 Å². The van der Waals surface area contributed by atoms with E-state index in [9.17, 15) is 9.90 Å². The highest BCUT2D eigenvalue weighted by Crippen LogP contribution is 2.35. The standard InChI is InChI=1S/C21H28N2O3/c1-5-23(6-2)21(25)16-10-12-17(13-11-16)22-18-8-7-9-19(26-4)20(18)15(3)14-24/h7-13,15,22,24H,5-6,14H2,1-4H3. The monoisotopic (exact) mass is 356 g/mol. The van der Waals surface area contributed by atoms with Gasteiger partial charge in [-0.25, -0.2) is 0 Å². The van der Waals surface area contributed by atoms with Gasteiger partial charge in [0.05, 0.1) is 7.11 Å². The number of carbonyl (C=O) groups is 1. The van der Waals surface area contributed by atoms with Crippen LogP contribution in [0.2, 0.25) is 0 Å². The Morgan fingerprint density at radius 1 is 1.15 bits per heavy atom. The maximum Gasteiger partial charge on any atom is 0.253 e. The SMILES string of the molecule is CCN(CC)C(=O)c1ccc(Nc2cccc(OC)c2C(C)CO)cc1. The lowest BCUT2D eigenvalue weighted by molar-refractivity contribution is 0.0773. The number of methoxy groups -OCH3 is 1. The van der Waals surface area contributed by atoms with Gasteiger partial charge in [0.15, 0.2) is 0 Å². The van der Waals surface area contributed by atoms with Crippen molar-refractivity contribution in [1.82, 2.24) is 4.90 Å². The van der Waals surface area contributed by atoms with E-state index in [1.54, 1.807) is 12.0 Å². The van der Waals surface area contributed by atoms with Crippen LogP contribution in [0.5, 0.6) is 5.75 Å². The second-order valence-corrected chi connectivity index (χ2v) is 6.18. The molecule has 0 radical (unpaired) electrons. The van der Waals surface area contributed by atoms with Crippen LogP contribution in [0, 0.1) is 0 Å². The van der Waals surface area contributed by atoms with E-state index in [1.807, 2.05) is 63.2 Å². The lowest BCUT2D eigenvalue weighted by Crippen LogP contribution is -2.30. The van der Waals surface area contributed by atoms with Crippen molar-refractivity contribution in [3.63, 3.8) is 0 Å². The van der Waals surface area contributed by atoms with Gasteiger partial charge < -0.3 is 20.1 Å². The molecule has 1 amide bonds. The molecule has 0 aromatic heterocycles. The van der Waals surface area contributed by atoms with Gasteiger partial charge in [-0.1, -0.05) is 13.0 Å². The molecule has 0 fully saturated rings. The van der Waals surface area contributed by atoms with E-state index < -0.39 is 0 Å². The van der Waals surface area contributed by atoms with E-state index in [2.05, 4.69) is 5.32 Å². The minimum Gasteiger partial charge on any atom is -0.496 e. The molecule has 0 bridgehead atoms. The fraction of sp³-hybridized carbons (Fsp3) is 0.381. The molecule has 2 rings (SSSR count). The molecule has 0 saturated heterocycles. The number of benzene rings is 2. The molecule has 1 unspecified atom stereocenters. The Balaban J connectivity index is 2.26. The third-order valence-corrected chi connectivity index (χ3v) is 4.51. The van der Waals surface area contributed by atoms with Crippen LogP contribution >= 0.6 is 0 Å². The normalized spacial score (nSPS) is 11.7. The average molecular weight is 356 g/mol. The van der Waals surface area contributed by atoms with Crippen molar-refractivity contribution in [2.75, 3.05) is 32.1 Å². The highest BCUT2D eigenvalue weighted by Gasteiger charge is 2.16. The van der Waals surface area contributed by atoms with E-state index >= 15 is 0 Å². The summed E-state index contributed by atoms with van der Waals surface area (Å²) in [5.41, 5.74) is 3.36. The number of amides is 1. The molecule has 0 aliphatic carbocycles. The van der Waals surface area contributed by atoms with E-state index in [1.165, 1.54) is 0 Å². The Morgan fingerprint density at radius 2 is 1.81 bits per heavy atom. The number of carbonyl (C=O) groups excluding carboxylic acids is 1. The summed E-state index contributed by atoms with van der Waals surface area (Å²) in [6, 6.07) is 13.2. The molecule has 0 spiro atoms. The second kappa shape index (κ2) is 9.25. The van der Waals surface area contributed by atoms with E-state index in [0.29, 0.717) is 18.7 Å². The number of rotatable bonds is 8. The molecular weight excluding hydrogens is 328 g/mol. The topological polar surface area (TPSA) is 61.8 Å². The fourth-order valence-corrected chi connectivity index (χ4v) is 2.98. The lowest BCUT2D eigenvalue weighted by atomic mass is 9.98. The second-order valence-electron chi connectivity index (χ2n) is 6.18. The summed E-state index contributed by atoms with van der Waals surface area (Å²) in [6.45, 7) is 7.33. The van der Waals surface area contributed by atoms with Crippen LogP contribution in [0.4, 0.5) is 11.4 Å². The number of nitrogens with one attached hydrogen (secondary N) is 1. The molecule has 2 aromatic carbocycles. The van der Waals surface area contributed by atoms with Crippen LogP contribution in [0.25, 0.3) is 0 Å². The van der Waals surface area contributed by atoms with Crippen LogP contribution < -0.4 is 10.1 Å². The van der Waals surface area contributed by atoms with Crippen LogP contribution in [-0.2, 0) is 0 Å². The van der Waals surface area contributed by atoms with Crippen LogP contribution in [0.1, 0.15) is 42.6 Å². The van der Waals surface area contributed by atoms with Crippen molar-refractivity contribution >= 4 is 17.3 Å². The van der Waals surface area contributed by atoms with Crippen molar-refractivity contribution in [1.29, 1.82) is 0 Å². The number of aliphatic hydroxyl groups is 1. The quantitative estimate of drug-likeness (QED) is 0.750. The number of aliphatic hydroxyl groups excluding tert-OH is 1. The number of nitrogens with zero attached hydrogens (tertiary/aromatic N) is 1. The first-order chi connectivity index (χ1) is 12.5. The van der Waals surface area contributed by atoms with Crippen LogP contribution in [-0.4, -0.2) is 42.7 Å². The molecule has 2 aromatic rings. The summed E-state index contributed by atoms with van der Waals surface area (Å²) in [5, 5.41) is 12.9. The molecule has 2 N–H and O–H groups in total. The molecule has 1 atom stereocenters. The van der Waals surface area contributed by atoms with E-state index in [4.69, 9.17) is 4.74 Å². The molecule has 0 aliphatic heterocycles. The minimum absolute atomic E-state index is 0.0341. The van der Waals surface area contributed by atoms with E-state index in [-0.39, 0.29) is 18.4 Å². The first-order valence-corrected chi connectivity index (χ1v) is 8.99. The van der Waals surface area contributed by atoms with E-state index in [0.717, 1.165) is 22.7 Å². The Labute approximate surface area is 155 Å². The maximum absolute atomic E-state index is 12.4. The van der Waals surface area contributed by atoms with Gasteiger partial charge in [-0.15, -0.1) is 0 Å². The lowest BCUT2D eigenvalue weighted by Gasteiger charge is -2.20. The summed E-state index contributed by atoms with van der Waals surface area (Å²) in [6.07, 6.45) is 0. The summed E-state index contributed by atoms with van der Waals surface area (Å²) < 4.78 is 5.45. The third kappa shape index (κ3) is 4.35. The molecule has 0 saturated carbocycles. The summed E-state index contributed by atoms with van der Waals surface area (Å²) in [7, 11) is 1.63. The van der Waals surface area contributed by atoms with Gasteiger partial charge in [-0.05, 0) is 50.2 Å². The fourth-order valence-electron chi connectivity index (χ4n) is 2.98. The molecule has 0 heterocycles. The average Bonchev–Trinajstić information content (AvgIpc) is 2.68. The van der Waals surface area contributed by atoms with Crippen molar-refractivity contribution in [2.45, 2.75) is 26.7 Å². The van der Waals surface area contributed by atoms with Gasteiger partial charge in [0.1, 0.15) is 5.75 Å². The van der Waals surface area contributed by atoms with Crippen molar-refractivity contribution < 1.29 is 14.6 Å². The number of ether oxygens (including phenoxy) is 1. The van der Waals surface area contributed by atoms with Crippen LogP contribution in [0.15, 0.2) is 42.5 Å². The Morgan fingerprint density at radius 3 is 2.35 bits per heavy atom. The Hall–Kier alpha value is -2.53. The zero-order valence-corrected chi connectivity index (χ0v) is 16.0. The molecular formula is C21H28N2O3. The number of hydrogen-bond donors (Lipinski definition) is 2. The highest BCUT2D eigenvalue weighted by atomic mass is 16.5. The largest absolute Gasteiger partial charge is 0.496 e. The summed E-state index contributed by atoms with van der Waals surface area (Å²) in [4.78, 5) is 14.2. The van der Waals surface area contributed by atoms with Gasteiger partial charge >= 0.3 is 0 Å². The first kappa shape index (κ1) is 19.8. The molecule has 5 heteroatoms. The molecule has 140 valence electrons. The molecule has 5 nitrogen and oxygen atoms in total. The predicted molar refractivity (Wildman–Crippen MR) is 105 cm³/mol. The minimum atomic E-state index is -0.0582. The van der Waals surface area contributed by atoms with Gasteiger partial charge in [-0.2, -0.15) is 0 Å². The van der Waals surface area contributed by atoms with Crippen molar-refractivity contribution in [2.24, 2.45) is 0 Å². The third-order valence-electron chi connectivity index (χ3n) is 4.51. The Kier molecular flexibility index (Phi) is 7.04. The van der Waals surface area contributed by atoms with Crippen molar-refractivity contribution in [3.05, 3.63) is 53.6 Å². The number of anilines is 2. The summed E-state index contributed by atoms with van der Waals surface area (Å²) in [5.74, 6) is 0.722. The highest BCUT2D eigenvalue weighted by molar-refractivity contribution is 5.94. The number of hydrogen-bond acceptors (Lipinski definition) is 4.